The van der Waals surface area contributed by atoms with Crippen LogP contribution in [-0.2, 0) is 0 Å². The van der Waals surface area contributed by atoms with E-state index in [9.17, 15) is 9.90 Å². The molecule has 0 bridgehead atoms. The van der Waals surface area contributed by atoms with E-state index in [1.54, 1.807) is 22.9 Å². The Labute approximate surface area is 100 Å². The molecule has 6 heteroatoms. The molecule has 0 N–H and O–H groups in total. The van der Waals surface area contributed by atoms with Gasteiger partial charge in [0.2, 0.25) is 0 Å². The summed E-state index contributed by atoms with van der Waals surface area (Å²) in [6, 6.07) is 1.68. The van der Waals surface area contributed by atoms with E-state index in [0.29, 0.717) is 5.52 Å². The largest absolute Gasteiger partial charge is 1.00 e. The van der Waals surface area contributed by atoms with Gasteiger partial charge in [-0.05, 0) is 22.0 Å². The van der Waals surface area contributed by atoms with Crippen molar-refractivity contribution >= 4 is 27.4 Å². The molecule has 0 spiro atoms. The molecule has 0 saturated heterocycles. The SMILES string of the molecule is O=C([O-])c1nccn2cc(Br)cc12.[Li+]. The minimum atomic E-state index is -1.27. The summed E-state index contributed by atoms with van der Waals surface area (Å²) >= 11 is 3.25. The van der Waals surface area contributed by atoms with Crippen molar-refractivity contribution in [3.05, 3.63) is 34.8 Å². The summed E-state index contributed by atoms with van der Waals surface area (Å²) in [7, 11) is 0. The van der Waals surface area contributed by atoms with Crippen molar-refractivity contribution in [1.29, 1.82) is 0 Å². The van der Waals surface area contributed by atoms with Gasteiger partial charge in [-0.2, -0.15) is 0 Å². The predicted octanol–water partition coefficient (Wildman–Crippen LogP) is -2.54. The molecule has 2 aromatic heterocycles. The molecule has 0 atom stereocenters. The smallest absolute Gasteiger partial charge is 0.543 e. The molecule has 66 valence electrons. The number of rotatable bonds is 1. The Morgan fingerprint density at radius 1 is 1.57 bits per heavy atom. The third kappa shape index (κ3) is 1.85. The number of aromatic carboxylic acids is 1. The zero-order chi connectivity index (χ0) is 9.42. The van der Waals surface area contributed by atoms with E-state index in [-0.39, 0.29) is 24.6 Å². The third-order valence-corrected chi connectivity index (χ3v) is 2.12. The van der Waals surface area contributed by atoms with E-state index in [4.69, 9.17) is 0 Å². The van der Waals surface area contributed by atoms with Crippen LogP contribution in [0.2, 0.25) is 0 Å². The van der Waals surface area contributed by atoms with Crippen LogP contribution in [0.1, 0.15) is 10.5 Å². The monoisotopic (exact) mass is 246 g/mol. The average molecular weight is 247 g/mol. The molecule has 0 aromatic carbocycles. The number of hydrogen-bond acceptors (Lipinski definition) is 3. The quantitative estimate of drug-likeness (QED) is 0.522. The minimum absolute atomic E-state index is 0. The van der Waals surface area contributed by atoms with Crippen molar-refractivity contribution in [3.8, 4) is 0 Å². The Morgan fingerprint density at radius 2 is 2.29 bits per heavy atom. The second-order valence-corrected chi connectivity index (χ2v) is 3.43. The van der Waals surface area contributed by atoms with Crippen molar-refractivity contribution in [3.63, 3.8) is 0 Å². The molecular weight excluding hydrogens is 243 g/mol. The van der Waals surface area contributed by atoms with E-state index < -0.39 is 5.97 Å². The van der Waals surface area contributed by atoms with Gasteiger partial charge in [0.15, 0.2) is 0 Å². The minimum Gasteiger partial charge on any atom is -0.543 e. The molecule has 0 radical (unpaired) electrons. The zero-order valence-electron chi connectivity index (χ0n) is 7.40. The van der Waals surface area contributed by atoms with Crippen LogP contribution in [0, 0.1) is 0 Å². The van der Waals surface area contributed by atoms with Gasteiger partial charge in [-0.25, -0.2) is 0 Å². The van der Waals surface area contributed by atoms with Gasteiger partial charge >= 0.3 is 18.9 Å². The first-order valence-corrected chi connectivity index (χ1v) is 4.31. The zero-order valence-corrected chi connectivity index (χ0v) is 8.98. The molecule has 2 aromatic rings. The number of carboxylic acids is 1. The van der Waals surface area contributed by atoms with Crippen LogP contribution in [0.5, 0.6) is 0 Å². The number of halogens is 1. The summed E-state index contributed by atoms with van der Waals surface area (Å²) in [5.41, 5.74) is 0.475. The number of carboxylic acid groups (broad SMARTS) is 1. The van der Waals surface area contributed by atoms with Gasteiger partial charge < -0.3 is 14.3 Å². The Kier molecular flexibility index (Phi) is 3.37. The average Bonchev–Trinajstić information content (AvgIpc) is 2.43. The molecule has 0 saturated carbocycles. The normalized spacial score (nSPS) is 9.79. The maximum absolute atomic E-state index is 10.6. The summed E-state index contributed by atoms with van der Waals surface area (Å²) in [5, 5.41) is 10.6. The molecule has 0 aliphatic heterocycles. The van der Waals surface area contributed by atoms with Crippen LogP contribution in [0.3, 0.4) is 0 Å². The van der Waals surface area contributed by atoms with Crippen molar-refractivity contribution in [1.82, 2.24) is 9.38 Å². The number of fused-ring (bicyclic) bond motifs is 1. The van der Waals surface area contributed by atoms with Crippen LogP contribution in [0.4, 0.5) is 0 Å². The fourth-order valence-electron chi connectivity index (χ4n) is 1.16. The topological polar surface area (TPSA) is 57.4 Å². The molecule has 0 amide bonds. The maximum atomic E-state index is 10.6. The Hall–Kier alpha value is -0.763. The van der Waals surface area contributed by atoms with E-state index in [1.165, 1.54) is 6.20 Å². The molecule has 0 unspecified atom stereocenters. The van der Waals surface area contributed by atoms with Crippen LogP contribution in [0.15, 0.2) is 29.1 Å². The van der Waals surface area contributed by atoms with E-state index in [1.807, 2.05) is 0 Å². The molecule has 0 fully saturated rings. The number of carbonyl (C=O) groups is 1. The Morgan fingerprint density at radius 3 is 2.93 bits per heavy atom. The first-order chi connectivity index (χ1) is 6.18. The van der Waals surface area contributed by atoms with Gasteiger partial charge in [-0.3, -0.25) is 4.98 Å². The summed E-state index contributed by atoms with van der Waals surface area (Å²) in [4.78, 5) is 14.3. The van der Waals surface area contributed by atoms with E-state index >= 15 is 0 Å². The summed E-state index contributed by atoms with van der Waals surface area (Å²) in [6.45, 7) is 0. The second-order valence-electron chi connectivity index (χ2n) is 2.51. The fourth-order valence-corrected chi connectivity index (χ4v) is 1.60. The summed E-state index contributed by atoms with van der Waals surface area (Å²) in [6.07, 6.45) is 4.85. The maximum Gasteiger partial charge on any atom is 1.00 e. The number of aromatic nitrogens is 2. The van der Waals surface area contributed by atoms with Crippen LogP contribution >= 0.6 is 15.9 Å². The van der Waals surface area contributed by atoms with Crippen LogP contribution < -0.4 is 24.0 Å². The van der Waals surface area contributed by atoms with Gasteiger partial charge in [-0.1, -0.05) is 0 Å². The molecular formula is C8H4BrLiN2O2. The van der Waals surface area contributed by atoms with Crippen molar-refractivity contribution < 1.29 is 28.8 Å². The van der Waals surface area contributed by atoms with Crippen LogP contribution in [-0.4, -0.2) is 15.4 Å². The van der Waals surface area contributed by atoms with Gasteiger partial charge in [0, 0.05) is 23.1 Å². The molecule has 14 heavy (non-hydrogen) atoms. The molecule has 4 nitrogen and oxygen atoms in total. The predicted molar refractivity (Wildman–Crippen MR) is 47.2 cm³/mol. The molecule has 0 aliphatic carbocycles. The van der Waals surface area contributed by atoms with Gasteiger partial charge in [0.25, 0.3) is 0 Å². The van der Waals surface area contributed by atoms with Crippen molar-refractivity contribution in [2.45, 2.75) is 0 Å². The third-order valence-electron chi connectivity index (χ3n) is 1.68. The van der Waals surface area contributed by atoms with Gasteiger partial charge in [0.1, 0.15) is 5.69 Å². The van der Waals surface area contributed by atoms with Crippen LogP contribution in [0.25, 0.3) is 5.52 Å². The first kappa shape index (κ1) is 11.3. The van der Waals surface area contributed by atoms with E-state index in [2.05, 4.69) is 20.9 Å². The Balaban J connectivity index is 0.000000980. The van der Waals surface area contributed by atoms with Gasteiger partial charge in [-0.15, -0.1) is 0 Å². The number of carbonyl (C=O) groups excluding carboxylic acids is 1. The molecule has 2 heterocycles. The van der Waals surface area contributed by atoms with Gasteiger partial charge in [0.05, 0.1) is 11.5 Å². The summed E-state index contributed by atoms with van der Waals surface area (Å²) < 4.78 is 2.48. The van der Waals surface area contributed by atoms with Crippen molar-refractivity contribution in [2.24, 2.45) is 0 Å². The van der Waals surface area contributed by atoms with Crippen molar-refractivity contribution in [2.75, 3.05) is 0 Å². The molecule has 2 rings (SSSR count). The second kappa shape index (κ2) is 4.18. The molecule has 0 aliphatic rings. The first-order valence-electron chi connectivity index (χ1n) is 3.52. The Bertz CT molecular complexity index is 483. The standard InChI is InChI=1S/C8H5BrN2O2.Li/c9-5-3-6-7(8(12)13)10-1-2-11(6)4-5;/h1-4H,(H,12,13);/q;+1/p-1. The number of nitrogens with zero attached hydrogens (tertiary/aromatic N) is 2. The number of hydrogen-bond donors (Lipinski definition) is 0. The van der Waals surface area contributed by atoms with E-state index in [0.717, 1.165) is 4.47 Å². The summed E-state index contributed by atoms with van der Waals surface area (Å²) in [5.74, 6) is -1.27. The fraction of sp³-hybridized carbons (Fsp3) is 0.